The molecule has 2 rings (SSSR count). The third kappa shape index (κ3) is 4.56. The van der Waals surface area contributed by atoms with E-state index in [9.17, 15) is 14.3 Å². The fourth-order valence-corrected chi connectivity index (χ4v) is 2.64. The minimum Gasteiger partial charge on any atom is -0.393 e. The minimum absolute atomic E-state index is 0.0325. The zero-order valence-corrected chi connectivity index (χ0v) is 13.1. The highest BCUT2D eigenvalue weighted by atomic mass is 35.5. The average Bonchev–Trinajstić information content (AvgIpc) is 2.48. The van der Waals surface area contributed by atoms with Gasteiger partial charge in [0.2, 0.25) is 0 Å². The molecule has 5 nitrogen and oxygen atoms in total. The Labute approximate surface area is 134 Å². The fourth-order valence-electron chi connectivity index (χ4n) is 2.44. The van der Waals surface area contributed by atoms with Crippen molar-refractivity contribution in [1.82, 2.24) is 10.2 Å². The van der Waals surface area contributed by atoms with Crippen LogP contribution in [0.15, 0.2) is 18.2 Å². The minimum atomic E-state index is -0.502. The van der Waals surface area contributed by atoms with E-state index in [0.717, 1.165) is 5.56 Å². The van der Waals surface area contributed by atoms with Crippen LogP contribution in [0, 0.1) is 5.82 Å². The summed E-state index contributed by atoms with van der Waals surface area (Å²) in [5.74, 6) is -0.484. The molecule has 0 radical (unpaired) electrons. The maximum atomic E-state index is 13.1. The predicted molar refractivity (Wildman–Crippen MR) is 81.3 cm³/mol. The van der Waals surface area contributed by atoms with Gasteiger partial charge >= 0.3 is 6.03 Å². The zero-order chi connectivity index (χ0) is 16.1. The van der Waals surface area contributed by atoms with E-state index in [-0.39, 0.29) is 23.6 Å². The summed E-state index contributed by atoms with van der Waals surface area (Å²) >= 11 is 5.72. The van der Waals surface area contributed by atoms with Crippen molar-refractivity contribution >= 4 is 17.6 Å². The monoisotopic (exact) mass is 330 g/mol. The van der Waals surface area contributed by atoms with E-state index in [4.69, 9.17) is 16.3 Å². The Morgan fingerprint density at radius 3 is 3.09 bits per heavy atom. The molecule has 1 aliphatic heterocycles. The molecule has 0 spiro atoms. The highest BCUT2D eigenvalue weighted by Crippen LogP contribution is 2.16. The number of rotatable bonds is 4. The second kappa shape index (κ2) is 7.76. The molecule has 1 heterocycles. The van der Waals surface area contributed by atoms with Crippen LogP contribution in [0.5, 0.6) is 0 Å². The van der Waals surface area contributed by atoms with E-state index in [0.29, 0.717) is 26.2 Å². The number of nitrogens with zero attached hydrogens (tertiary/aromatic N) is 1. The summed E-state index contributed by atoms with van der Waals surface area (Å²) in [6.07, 6.45) is -0.0339. The lowest BCUT2D eigenvalue weighted by Crippen LogP contribution is -2.53. The Morgan fingerprint density at radius 1 is 1.64 bits per heavy atom. The number of morpholine rings is 1. The molecule has 2 amide bonds. The normalized spacial score (nSPS) is 19.8. The second-order valence-corrected chi connectivity index (χ2v) is 5.82. The van der Waals surface area contributed by atoms with Crippen LogP contribution in [0.1, 0.15) is 18.9 Å². The maximum absolute atomic E-state index is 13.1. The van der Waals surface area contributed by atoms with Crippen molar-refractivity contribution in [3.63, 3.8) is 0 Å². The quantitative estimate of drug-likeness (QED) is 0.889. The Kier molecular flexibility index (Phi) is 5.99. The number of amides is 2. The summed E-state index contributed by atoms with van der Waals surface area (Å²) in [4.78, 5) is 14.0. The highest BCUT2D eigenvalue weighted by Gasteiger charge is 2.28. The number of aliphatic hydroxyl groups excluding tert-OH is 1. The van der Waals surface area contributed by atoms with Crippen LogP contribution < -0.4 is 5.32 Å². The highest BCUT2D eigenvalue weighted by molar-refractivity contribution is 6.30. The Morgan fingerprint density at radius 2 is 2.41 bits per heavy atom. The van der Waals surface area contributed by atoms with Gasteiger partial charge < -0.3 is 20.1 Å². The van der Waals surface area contributed by atoms with Gasteiger partial charge in [-0.15, -0.1) is 0 Å². The third-order valence-electron chi connectivity index (χ3n) is 3.53. The number of benzene rings is 1. The van der Waals surface area contributed by atoms with Gasteiger partial charge in [-0.2, -0.15) is 0 Å². The number of carbonyl (C=O) groups excluding carboxylic acids is 1. The van der Waals surface area contributed by atoms with Gasteiger partial charge in [-0.25, -0.2) is 9.18 Å². The molecule has 0 saturated carbocycles. The SMILES string of the molecule is C[C@H](O)C[C@H]1COCCN1C(=O)NCc1ccc(F)c(Cl)c1. The maximum Gasteiger partial charge on any atom is 0.318 e. The van der Waals surface area contributed by atoms with Crippen molar-refractivity contribution in [2.24, 2.45) is 0 Å². The zero-order valence-electron chi connectivity index (χ0n) is 12.4. The van der Waals surface area contributed by atoms with Gasteiger partial charge in [0.15, 0.2) is 0 Å². The van der Waals surface area contributed by atoms with Crippen LogP contribution in [0.4, 0.5) is 9.18 Å². The summed E-state index contributed by atoms with van der Waals surface area (Å²) < 4.78 is 18.5. The van der Waals surface area contributed by atoms with Gasteiger partial charge in [0.1, 0.15) is 5.82 Å². The van der Waals surface area contributed by atoms with Crippen LogP contribution in [0.2, 0.25) is 5.02 Å². The molecule has 1 fully saturated rings. The van der Waals surface area contributed by atoms with Gasteiger partial charge in [-0.05, 0) is 31.0 Å². The van der Waals surface area contributed by atoms with Crippen molar-refractivity contribution in [3.05, 3.63) is 34.6 Å². The Hall–Kier alpha value is -1.37. The first-order valence-corrected chi connectivity index (χ1v) is 7.59. The standard InChI is InChI=1S/C15H20ClFN2O3/c1-10(20)6-12-9-22-5-4-19(12)15(21)18-8-11-2-3-14(17)13(16)7-11/h2-3,7,10,12,20H,4-6,8-9H2,1H3,(H,18,21)/t10-,12-/m0/s1. The Balaban J connectivity index is 1.93. The summed E-state index contributed by atoms with van der Waals surface area (Å²) in [7, 11) is 0. The topological polar surface area (TPSA) is 61.8 Å². The molecule has 0 bridgehead atoms. The smallest absolute Gasteiger partial charge is 0.318 e. The predicted octanol–water partition coefficient (Wildman–Crippen LogP) is 2.16. The van der Waals surface area contributed by atoms with Crippen molar-refractivity contribution < 1.29 is 19.0 Å². The lowest BCUT2D eigenvalue weighted by Gasteiger charge is -2.36. The number of halogens is 2. The van der Waals surface area contributed by atoms with Gasteiger partial charge in [0, 0.05) is 13.1 Å². The number of hydrogen-bond donors (Lipinski definition) is 2. The van der Waals surface area contributed by atoms with Crippen LogP contribution in [-0.2, 0) is 11.3 Å². The first kappa shape index (κ1) is 17.0. The van der Waals surface area contributed by atoms with E-state index in [1.807, 2.05) is 0 Å². The molecule has 2 N–H and O–H groups in total. The van der Waals surface area contributed by atoms with Crippen molar-refractivity contribution in [2.75, 3.05) is 19.8 Å². The molecule has 2 atom stereocenters. The number of nitrogens with one attached hydrogen (secondary N) is 1. The molecule has 1 saturated heterocycles. The number of ether oxygens (including phenoxy) is 1. The fraction of sp³-hybridized carbons (Fsp3) is 0.533. The van der Waals surface area contributed by atoms with E-state index in [1.54, 1.807) is 17.9 Å². The van der Waals surface area contributed by atoms with Crippen molar-refractivity contribution in [2.45, 2.75) is 32.0 Å². The van der Waals surface area contributed by atoms with E-state index in [1.165, 1.54) is 12.1 Å². The van der Waals surface area contributed by atoms with E-state index >= 15 is 0 Å². The average molecular weight is 331 g/mol. The molecule has 122 valence electrons. The molecule has 1 aromatic carbocycles. The number of carbonyl (C=O) groups is 1. The molecular weight excluding hydrogens is 311 g/mol. The summed E-state index contributed by atoms with van der Waals surface area (Å²) in [6.45, 7) is 3.32. The first-order chi connectivity index (χ1) is 10.5. The van der Waals surface area contributed by atoms with Crippen LogP contribution >= 0.6 is 11.6 Å². The van der Waals surface area contributed by atoms with Crippen molar-refractivity contribution in [1.29, 1.82) is 0 Å². The molecule has 0 aliphatic carbocycles. The lowest BCUT2D eigenvalue weighted by atomic mass is 10.1. The van der Waals surface area contributed by atoms with Crippen molar-refractivity contribution in [3.8, 4) is 0 Å². The van der Waals surface area contributed by atoms with Gasteiger partial charge in [-0.3, -0.25) is 0 Å². The van der Waals surface area contributed by atoms with Gasteiger partial charge in [0.05, 0.1) is 30.4 Å². The second-order valence-electron chi connectivity index (χ2n) is 5.41. The molecular formula is C15H20ClFN2O3. The van der Waals surface area contributed by atoms with Crippen LogP contribution in [0.25, 0.3) is 0 Å². The first-order valence-electron chi connectivity index (χ1n) is 7.21. The summed E-state index contributed by atoms with van der Waals surface area (Å²) in [5, 5.41) is 12.3. The van der Waals surface area contributed by atoms with E-state index < -0.39 is 11.9 Å². The van der Waals surface area contributed by atoms with Crippen LogP contribution in [0.3, 0.4) is 0 Å². The Bertz CT molecular complexity index is 528. The third-order valence-corrected chi connectivity index (χ3v) is 3.82. The van der Waals surface area contributed by atoms with Gasteiger partial charge in [-0.1, -0.05) is 17.7 Å². The van der Waals surface area contributed by atoms with E-state index in [2.05, 4.69) is 5.32 Å². The molecule has 1 aliphatic rings. The number of urea groups is 1. The van der Waals surface area contributed by atoms with Crippen LogP contribution in [-0.4, -0.2) is 47.9 Å². The molecule has 22 heavy (non-hydrogen) atoms. The molecule has 1 aromatic rings. The number of aliphatic hydroxyl groups is 1. The molecule has 7 heteroatoms. The number of hydrogen-bond acceptors (Lipinski definition) is 3. The molecule has 0 aromatic heterocycles. The van der Waals surface area contributed by atoms with Gasteiger partial charge in [0.25, 0.3) is 0 Å². The molecule has 0 unspecified atom stereocenters. The summed E-state index contributed by atoms with van der Waals surface area (Å²) in [6, 6.07) is 3.96. The lowest BCUT2D eigenvalue weighted by molar-refractivity contribution is -0.00437. The summed E-state index contributed by atoms with van der Waals surface area (Å²) in [5.41, 5.74) is 0.722. The largest absolute Gasteiger partial charge is 0.393 e.